The second-order valence-electron chi connectivity index (χ2n) is 7.33. The molecule has 4 nitrogen and oxygen atoms in total. The van der Waals surface area contributed by atoms with Gasteiger partial charge in [0.1, 0.15) is 11.5 Å². The van der Waals surface area contributed by atoms with Crippen LogP contribution in [-0.2, 0) is 0 Å². The van der Waals surface area contributed by atoms with Gasteiger partial charge in [0.25, 0.3) is 5.91 Å². The lowest BCUT2D eigenvalue weighted by Crippen LogP contribution is -2.29. The van der Waals surface area contributed by atoms with Gasteiger partial charge in [0.15, 0.2) is 0 Å². The van der Waals surface area contributed by atoms with Gasteiger partial charge >= 0.3 is 0 Å². The maximum absolute atomic E-state index is 13.6. The number of anilines is 1. The number of rotatable bonds is 3. The molecule has 3 aromatic carbocycles. The van der Waals surface area contributed by atoms with Crippen LogP contribution in [-0.4, -0.2) is 16.1 Å². The fourth-order valence-corrected chi connectivity index (χ4v) is 4.03. The largest absolute Gasteiger partial charge is 0.295 e. The maximum Gasteiger partial charge on any atom is 0.277 e. The highest BCUT2D eigenvalue weighted by Crippen LogP contribution is 2.45. The van der Waals surface area contributed by atoms with E-state index in [9.17, 15) is 9.18 Å². The second kappa shape index (κ2) is 7.11. The number of fused-ring (bicyclic) bond motifs is 1. The van der Waals surface area contributed by atoms with Crippen molar-refractivity contribution in [2.45, 2.75) is 13.0 Å². The van der Waals surface area contributed by atoms with E-state index < -0.39 is 6.04 Å². The normalized spacial score (nSPS) is 15.5. The molecule has 1 N–H and O–H groups in total. The summed E-state index contributed by atoms with van der Waals surface area (Å²) in [6.45, 7) is 2.02. The SMILES string of the molecule is Cc1ccc(-c2n[nH]c3c2C(c2ccc(F)cc2)N(c2ccc(Cl)cc2)C3=O)cc1. The molecule has 1 unspecified atom stereocenters. The van der Waals surface area contributed by atoms with Crippen molar-refractivity contribution in [3.8, 4) is 11.3 Å². The molecule has 6 heteroatoms. The summed E-state index contributed by atoms with van der Waals surface area (Å²) in [5.41, 5.74) is 5.49. The summed E-state index contributed by atoms with van der Waals surface area (Å²) < 4.78 is 13.6. The number of H-pyrrole nitrogens is 1. The summed E-state index contributed by atoms with van der Waals surface area (Å²) in [5.74, 6) is -0.514. The van der Waals surface area contributed by atoms with Gasteiger partial charge in [-0.25, -0.2) is 4.39 Å². The molecule has 0 spiro atoms. The smallest absolute Gasteiger partial charge is 0.277 e. The number of aromatic amines is 1. The molecule has 1 aliphatic rings. The van der Waals surface area contributed by atoms with Crippen LogP contribution in [0.15, 0.2) is 72.8 Å². The first-order chi connectivity index (χ1) is 14.5. The van der Waals surface area contributed by atoms with Crippen molar-refractivity contribution >= 4 is 23.2 Å². The van der Waals surface area contributed by atoms with E-state index in [2.05, 4.69) is 10.2 Å². The van der Waals surface area contributed by atoms with E-state index in [0.29, 0.717) is 22.1 Å². The third kappa shape index (κ3) is 2.99. The summed E-state index contributed by atoms with van der Waals surface area (Å²) >= 11 is 6.05. The van der Waals surface area contributed by atoms with E-state index >= 15 is 0 Å². The Hall–Kier alpha value is -3.44. The van der Waals surface area contributed by atoms with Crippen molar-refractivity contribution < 1.29 is 9.18 Å². The van der Waals surface area contributed by atoms with Crippen LogP contribution in [0.2, 0.25) is 5.02 Å². The summed E-state index contributed by atoms with van der Waals surface area (Å²) in [5, 5.41) is 7.97. The van der Waals surface area contributed by atoms with E-state index in [4.69, 9.17) is 11.6 Å². The summed E-state index contributed by atoms with van der Waals surface area (Å²) in [6.07, 6.45) is 0. The average molecular weight is 418 g/mol. The maximum atomic E-state index is 13.6. The summed E-state index contributed by atoms with van der Waals surface area (Å²) in [6, 6.07) is 20.9. The third-order valence-corrected chi connectivity index (χ3v) is 5.64. The van der Waals surface area contributed by atoms with E-state index in [1.807, 2.05) is 43.3 Å². The summed E-state index contributed by atoms with van der Waals surface area (Å²) in [7, 11) is 0. The Morgan fingerprint density at radius 2 is 1.63 bits per heavy atom. The van der Waals surface area contributed by atoms with Crippen molar-refractivity contribution in [2.75, 3.05) is 4.90 Å². The van der Waals surface area contributed by atoms with Crippen LogP contribution in [0.3, 0.4) is 0 Å². The lowest BCUT2D eigenvalue weighted by molar-refractivity contribution is 0.0989. The molecule has 0 bridgehead atoms. The molecule has 148 valence electrons. The first-order valence-electron chi connectivity index (χ1n) is 9.53. The van der Waals surface area contributed by atoms with Crippen molar-refractivity contribution in [1.29, 1.82) is 0 Å². The van der Waals surface area contributed by atoms with Crippen LogP contribution in [0.25, 0.3) is 11.3 Å². The molecule has 0 radical (unpaired) electrons. The molecule has 1 aromatic heterocycles. The van der Waals surface area contributed by atoms with Crippen LogP contribution in [0, 0.1) is 12.7 Å². The molecule has 1 amide bonds. The number of hydrogen-bond donors (Lipinski definition) is 1. The zero-order valence-electron chi connectivity index (χ0n) is 16.1. The monoisotopic (exact) mass is 417 g/mol. The third-order valence-electron chi connectivity index (χ3n) is 5.38. The number of halogens is 2. The van der Waals surface area contributed by atoms with Crippen molar-refractivity contribution in [3.05, 3.63) is 106 Å². The van der Waals surface area contributed by atoms with Gasteiger partial charge in [-0.3, -0.25) is 14.8 Å². The second-order valence-corrected chi connectivity index (χ2v) is 7.77. The van der Waals surface area contributed by atoms with E-state index in [1.54, 1.807) is 29.2 Å². The van der Waals surface area contributed by atoms with Gasteiger partial charge in [0.05, 0.1) is 11.7 Å². The minimum Gasteiger partial charge on any atom is -0.295 e. The molecular weight excluding hydrogens is 401 g/mol. The van der Waals surface area contributed by atoms with Gasteiger partial charge in [0, 0.05) is 21.8 Å². The molecule has 2 heterocycles. The topological polar surface area (TPSA) is 49.0 Å². The number of aryl methyl sites for hydroxylation is 1. The standard InChI is InChI=1S/C24H17ClFN3O/c1-14-2-4-15(5-3-14)21-20-22(28-27-21)24(30)29(19-12-8-17(25)9-13-19)23(20)16-6-10-18(26)11-7-16/h2-13,23H,1H3,(H,27,28). The minimum absolute atomic E-state index is 0.187. The molecule has 4 aromatic rings. The lowest BCUT2D eigenvalue weighted by atomic mass is 9.95. The van der Waals surface area contributed by atoms with Crippen molar-refractivity contribution in [2.24, 2.45) is 0 Å². The lowest BCUT2D eigenvalue weighted by Gasteiger charge is -2.26. The van der Waals surface area contributed by atoms with E-state index in [0.717, 1.165) is 22.3 Å². The van der Waals surface area contributed by atoms with E-state index in [1.165, 1.54) is 12.1 Å². The molecule has 0 saturated heterocycles. The highest BCUT2D eigenvalue weighted by Gasteiger charge is 2.43. The number of carbonyl (C=O) groups excluding carboxylic acids is 1. The van der Waals surface area contributed by atoms with Gasteiger partial charge in [0.2, 0.25) is 0 Å². The minimum atomic E-state index is -0.440. The molecule has 5 rings (SSSR count). The van der Waals surface area contributed by atoms with Crippen LogP contribution in [0.1, 0.15) is 33.2 Å². The summed E-state index contributed by atoms with van der Waals surface area (Å²) in [4.78, 5) is 15.1. The van der Waals surface area contributed by atoms with Crippen molar-refractivity contribution in [1.82, 2.24) is 10.2 Å². The number of carbonyl (C=O) groups is 1. The van der Waals surface area contributed by atoms with E-state index in [-0.39, 0.29) is 11.7 Å². The first kappa shape index (κ1) is 18.6. The van der Waals surface area contributed by atoms with Crippen molar-refractivity contribution in [3.63, 3.8) is 0 Å². The Bertz CT molecular complexity index is 1230. The Labute approximate surface area is 177 Å². The zero-order valence-corrected chi connectivity index (χ0v) is 16.8. The average Bonchev–Trinajstić information content (AvgIpc) is 3.29. The molecule has 30 heavy (non-hydrogen) atoms. The predicted octanol–water partition coefficient (Wildman–Crippen LogP) is 5.93. The molecule has 1 atom stereocenters. The number of hydrogen-bond acceptors (Lipinski definition) is 2. The molecular formula is C24H17ClFN3O. The fraction of sp³-hybridized carbons (Fsp3) is 0.0833. The highest BCUT2D eigenvalue weighted by molar-refractivity contribution is 6.30. The number of nitrogens with one attached hydrogen (secondary N) is 1. The van der Waals surface area contributed by atoms with Crippen LogP contribution in [0.5, 0.6) is 0 Å². The van der Waals surface area contributed by atoms with Crippen LogP contribution < -0.4 is 4.90 Å². The number of nitrogens with zero attached hydrogens (tertiary/aromatic N) is 2. The van der Waals surface area contributed by atoms with Gasteiger partial charge in [-0.2, -0.15) is 5.10 Å². The Morgan fingerprint density at radius 3 is 2.30 bits per heavy atom. The first-order valence-corrected chi connectivity index (χ1v) is 9.90. The quantitative estimate of drug-likeness (QED) is 0.449. The Kier molecular flexibility index (Phi) is 4.40. The molecule has 0 saturated carbocycles. The Morgan fingerprint density at radius 1 is 0.967 bits per heavy atom. The van der Waals surface area contributed by atoms with Gasteiger partial charge < -0.3 is 0 Å². The zero-order chi connectivity index (χ0) is 20.8. The Balaban J connectivity index is 1.71. The number of amides is 1. The van der Waals surface area contributed by atoms with Crippen LogP contribution >= 0.6 is 11.6 Å². The molecule has 0 fully saturated rings. The predicted molar refractivity (Wildman–Crippen MR) is 115 cm³/mol. The molecule has 0 aliphatic carbocycles. The fourth-order valence-electron chi connectivity index (χ4n) is 3.91. The van der Waals surface area contributed by atoms with Crippen LogP contribution in [0.4, 0.5) is 10.1 Å². The van der Waals surface area contributed by atoms with Gasteiger partial charge in [-0.1, -0.05) is 53.6 Å². The van der Waals surface area contributed by atoms with Gasteiger partial charge in [-0.05, 0) is 48.9 Å². The highest BCUT2D eigenvalue weighted by atomic mass is 35.5. The number of aromatic nitrogens is 2. The van der Waals surface area contributed by atoms with Gasteiger partial charge in [-0.15, -0.1) is 0 Å². The molecule has 1 aliphatic heterocycles. The number of benzene rings is 3.